The number of thioether (sulfide) groups is 1. The number of nitrogens with two attached hydrogens (primary N) is 1. The highest BCUT2D eigenvalue weighted by atomic mass is 32.2. The number of carbonyl (C=O) groups is 1. The van der Waals surface area contributed by atoms with Crippen LogP contribution < -0.4 is 5.73 Å². The standard InChI is InChI=1S/C8H10N2O2S/c1-12-7(11)5-13-8-6(9)3-2-4-10-8/h2-4H,5,9H2,1H3. The van der Waals surface area contributed by atoms with Crippen LogP contribution in [-0.2, 0) is 9.53 Å². The summed E-state index contributed by atoms with van der Waals surface area (Å²) in [4.78, 5) is 14.8. The first-order valence-corrected chi connectivity index (χ1v) is 4.62. The molecule has 70 valence electrons. The number of hydrogen-bond donors (Lipinski definition) is 1. The summed E-state index contributed by atoms with van der Waals surface area (Å²) in [7, 11) is 1.35. The summed E-state index contributed by atoms with van der Waals surface area (Å²) in [6, 6.07) is 3.49. The lowest BCUT2D eigenvalue weighted by atomic mass is 10.4. The molecule has 0 aromatic carbocycles. The van der Waals surface area contributed by atoms with Crippen LogP contribution in [0.25, 0.3) is 0 Å². The third kappa shape index (κ3) is 2.95. The first-order chi connectivity index (χ1) is 6.24. The van der Waals surface area contributed by atoms with Crippen molar-refractivity contribution in [3.63, 3.8) is 0 Å². The monoisotopic (exact) mass is 198 g/mol. The van der Waals surface area contributed by atoms with E-state index in [2.05, 4.69) is 9.72 Å². The molecule has 0 saturated heterocycles. The zero-order valence-electron chi connectivity index (χ0n) is 7.19. The van der Waals surface area contributed by atoms with Crippen LogP contribution in [0.4, 0.5) is 5.69 Å². The fraction of sp³-hybridized carbons (Fsp3) is 0.250. The van der Waals surface area contributed by atoms with Gasteiger partial charge in [0.2, 0.25) is 0 Å². The van der Waals surface area contributed by atoms with Crippen LogP contribution in [0.5, 0.6) is 0 Å². The van der Waals surface area contributed by atoms with E-state index in [4.69, 9.17) is 5.73 Å². The lowest BCUT2D eigenvalue weighted by Gasteiger charge is -2.01. The van der Waals surface area contributed by atoms with Gasteiger partial charge >= 0.3 is 5.97 Å². The van der Waals surface area contributed by atoms with Gasteiger partial charge in [0, 0.05) is 6.20 Å². The number of carbonyl (C=O) groups excluding carboxylic acids is 1. The van der Waals surface area contributed by atoms with Gasteiger partial charge in [-0.15, -0.1) is 0 Å². The highest BCUT2D eigenvalue weighted by Crippen LogP contribution is 2.21. The van der Waals surface area contributed by atoms with E-state index in [0.29, 0.717) is 10.7 Å². The maximum Gasteiger partial charge on any atom is 0.316 e. The number of aromatic nitrogens is 1. The average molecular weight is 198 g/mol. The summed E-state index contributed by atoms with van der Waals surface area (Å²) in [6.07, 6.45) is 1.63. The summed E-state index contributed by atoms with van der Waals surface area (Å²) in [5, 5.41) is 0.660. The number of ether oxygens (including phenoxy) is 1. The zero-order valence-corrected chi connectivity index (χ0v) is 8.00. The molecule has 1 heterocycles. The number of nitrogens with zero attached hydrogens (tertiary/aromatic N) is 1. The van der Waals surface area contributed by atoms with Gasteiger partial charge in [-0.1, -0.05) is 11.8 Å². The Labute approximate surface area is 80.5 Å². The van der Waals surface area contributed by atoms with E-state index in [9.17, 15) is 4.79 Å². The molecule has 0 aliphatic rings. The van der Waals surface area contributed by atoms with Gasteiger partial charge in [-0.3, -0.25) is 4.79 Å². The van der Waals surface area contributed by atoms with Gasteiger partial charge in [0.15, 0.2) is 0 Å². The van der Waals surface area contributed by atoms with Gasteiger partial charge in [0.05, 0.1) is 18.6 Å². The van der Waals surface area contributed by atoms with Gasteiger partial charge in [-0.2, -0.15) is 0 Å². The van der Waals surface area contributed by atoms with Gasteiger partial charge in [-0.05, 0) is 12.1 Å². The number of anilines is 1. The minimum Gasteiger partial charge on any atom is -0.468 e. The second-order valence-electron chi connectivity index (χ2n) is 2.26. The van der Waals surface area contributed by atoms with Crippen molar-refractivity contribution in [3.8, 4) is 0 Å². The molecule has 0 aliphatic heterocycles. The van der Waals surface area contributed by atoms with Crippen molar-refractivity contribution in [3.05, 3.63) is 18.3 Å². The summed E-state index contributed by atoms with van der Waals surface area (Å²) in [6.45, 7) is 0. The number of pyridine rings is 1. The molecule has 0 fully saturated rings. The van der Waals surface area contributed by atoms with Crippen LogP contribution in [0.15, 0.2) is 23.4 Å². The quantitative estimate of drug-likeness (QED) is 0.578. The molecule has 2 N–H and O–H groups in total. The second kappa shape index (κ2) is 4.71. The van der Waals surface area contributed by atoms with E-state index in [1.807, 2.05) is 0 Å². The topological polar surface area (TPSA) is 65.2 Å². The third-order valence-electron chi connectivity index (χ3n) is 1.35. The maximum absolute atomic E-state index is 10.8. The Balaban J connectivity index is 2.54. The zero-order chi connectivity index (χ0) is 9.68. The van der Waals surface area contributed by atoms with Gasteiger partial charge in [-0.25, -0.2) is 4.98 Å². The molecule has 0 saturated carbocycles. The van der Waals surface area contributed by atoms with E-state index in [-0.39, 0.29) is 11.7 Å². The predicted molar refractivity (Wildman–Crippen MR) is 51.4 cm³/mol. The van der Waals surface area contributed by atoms with Crippen molar-refractivity contribution in [2.24, 2.45) is 0 Å². The van der Waals surface area contributed by atoms with Crippen molar-refractivity contribution in [1.29, 1.82) is 0 Å². The number of hydrogen-bond acceptors (Lipinski definition) is 5. The Kier molecular flexibility index (Phi) is 3.57. The summed E-state index contributed by atoms with van der Waals surface area (Å²) >= 11 is 1.27. The van der Waals surface area contributed by atoms with Crippen LogP contribution in [0.3, 0.4) is 0 Å². The second-order valence-corrected chi connectivity index (χ2v) is 3.23. The minimum atomic E-state index is -0.282. The van der Waals surface area contributed by atoms with E-state index >= 15 is 0 Å². The minimum absolute atomic E-state index is 0.234. The summed E-state index contributed by atoms with van der Waals surface area (Å²) in [5.74, 6) is -0.0485. The van der Waals surface area contributed by atoms with Crippen molar-refractivity contribution in [2.45, 2.75) is 5.03 Å². The first kappa shape index (κ1) is 9.85. The fourth-order valence-electron chi connectivity index (χ4n) is 0.710. The van der Waals surface area contributed by atoms with E-state index in [1.165, 1.54) is 18.9 Å². The van der Waals surface area contributed by atoms with E-state index < -0.39 is 0 Å². The number of methoxy groups -OCH3 is 1. The number of rotatable bonds is 3. The molecule has 1 rings (SSSR count). The molecular formula is C8H10N2O2S. The maximum atomic E-state index is 10.8. The summed E-state index contributed by atoms with van der Waals surface area (Å²) in [5.41, 5.74) is 6.19. The van der Waals surface area contributed by atoms with Crippen molar-refractivity contribution < 1.29 is 9.53 Å². The van der Waals surface area contributed by atoms with Crippen LogP contribution >= 0.6 is 11.8 Å². The molecule has 0 radical (unpaired) electrons. The Morgan fingerprint density at radius 2 is 2.54 bits per heavy atom. The molecule has 0 spiro atoms. The Morgan fingerprint density at radius 3 is 3.15 bits per heavy atom. The molecule has 0 bridgehead atoms. The SMILES string of the molecule is COC(=O)CSc1ncccc1N. The lowest BCUT2D eigenvalue weighted by molar-refractivity contribution is -0.137. The van der Waals surface area contributed by atoms with Gasteiger partial charge in [0.25, 0.3) is 0 Å². The Morgan fingerprint density at radius 1 is 1.77 bits per heavy atom. The van der Waals surface area contributed by atoms with Crippen LogP contribution in [-0.4, -0.2) is 23.8 Å². The smallest absolute Gasteiger partial charge is 0.316 e. The van der Waals surface area contributed by atoms with E-state index in [1.54, 1.807) is 18.3 Å². The molecule has 1 aromatic heterocycles. The average Bonchev–Trinajstić information content (AvgIpc) is 2.16. The Hall–Kier alpha value is -1.23. The van der Waals surface area contributed by atoms with Crippen LogP contribution in [0.2, 0.25) is 0 Å². The molecule has 0 unspecified atom stereocenters. The van der Waals surface area contributed by atoms with E-state index in [0.717, 1.165) is 0 Å². The molecule has 13 heavy (non-hydrogen) atoms. The molecular weight excluding hydrogens is 188 g/mol. The van der Waals surface area contributed by atoms with Crippen molar-refractivity contribution >= 4 is 23.4 Å². The molecule has 0 amide bonds. The van der Waals surface area contributed by atoms with Crippen LogP contribution in [0.1, 0.15) is 0 Å². The lowest BCUT2D eigenvalue weighted by Crippen LogP contribution is -2.03. The Bertz CT molecular complexity index is 304. The largest absolute Gasteiger partial charge is 0.468 e. The van der Waals surface area contributed by atoms with Crippen LogP contribution in [0, 0.1) is 0 Å². The molecule has 0 aliphatic carbocycles. The van der Waals surface area contributed by atoms with Crippen molar-refractivity contribution in [1.82, 2.24) is 4.98 Å². The number of esters is 1. The summed E-state index contributed by atoms with van der Waals surface area (Å²) < 4.78 is 4.48. The highest BCUT2D eigenvalue weighted by molar-refractivity contribution is 8.00. The van der Waals surface area contributed by atoms with Crippen molar-refractivity contribution in [2.75, 3.05) is 18.6 Å². The predicted octanol–water partition coefficient (Wildman–Crippen LogP) is 0.929. The van der Waals surface area contributed by atoms with Gasteiger partial charge in [0.1, 0.15) is 5.03 Å². The molecule has 5 heteroatoms. The molecule has 4 nitrogen and oxygen atoms in total. The highest BCUT2D eigenvalue weighted by Gasteiger charge is 2.04. The molecule has 0 atom stereocenters. The molecule has 1 aromatic rings. The third-order valence-corrected chi connectivity index (χ3v) is 2.35. The first-order valence-electron chi connectivity index (χ1n) is 3.64. The number of nitrogen functional groups attached to an aromatic ring is 1. The normalized spacial score (nSPS) is 9.62. The van der Waals surface area contributed by atoms with Gasteiger partial charge < -0.3 is 10.5 Å². The fourth-order valence-corrected chi connectivity index (χ4v) is 1.45.